The average Bonchev–Trinajstić information content (AvgIpc) is 3.25. The van der Waals surface area contributed by atoms with Gasteiger partial charge in [0.1, 0.15) is 0 Å². The number of rotatable bonds is 8. The Balaban J connectivity index is 1.36. The van der Waals surface area contributed by atoms with Gasteiger partial charge in [-0.2, -0.15) is 0 Å². The highest BCUT2D eigenvalue weighted by molar-refractivity contribution is 6.26. The van der Waals surface area contributed by atoms with E-state index in [4.69, 9.17) is 0 Å². The van der Waals surface area contributed by atoms with Crippen LogP contribution in [0.2, 0.25) is 0 Å². The molecular formula is C55H44. The Morgan fingerprint density at radius 2 is 1.13 bits per heavy atom. The lowest BCUT2D eigenvalue weighted by Crippen LogP contribution is -2.05. The molecular weight excluding hydrogens is 661 g/mol. The molecule has 0 N–H and O–H groups in total. The first-order chi connectivity index (χ1) is 27.2. The van der Waals surface area contributed by atoms with Gasteiger partial charge in [-0.1, -0.05) is 189 Å². The molecule has 8 aromatic carbocycles. The highest BCUT2D eigenvalue weighted by Gasteiger charge is 2.25. The number of hydrogen-bond acceptors (Lipinski definition) is 0. The van der Waals surface area contributed by atoms with Gasteiger partial charge in [0.2, 0.25) is 0 Å². The molecule has 0 amide bonds. The lowest BCUT2D eigenvalue weighted by molar-refractivity contribution is 0.860. The predicted molar refractivity (Wildman–Crippen MR) is 239 cm³/mol. The molecule has 264 valence electrons. The van der Waals surface area contributed by atoms with E-state index in [9.17, 15) is 0 Å². The van der Waals surface area contributed by atoms with Crippen LogP contribution in [-0.2, 0) is 0 Å². The minimum absolute atomic E-state index is 0.306. The van der Waals surface area contributed by atoms with Crippen LogP contribution in [0.15, 0.2) is 200 Å². The molecule has 0 radical (unpaired) electrons. The summed E-state index contributed by atoms with van der Waals surface area (Å²) in [6.07, 6.45) is 13.7. The van der Waals surface area contributed by atoms with Crippen LogP contribution < -0.4 is 0 Å². The summed E-state index contributed by atoms with van der Waals surface area (Å²) in [4.78, 5) is 0. The first-order valence-electron chi connectivity index (χ1n) is 19.6. The normalized spacial score (nSPS) is 14.8. The number of benzene rings is 8. The zero-order valence-corrected chi connectivity index (χ0v) is 31.5. The maximum Gasteiger partial charge on any atom is 0.00622 e. The van der Waals surface area contributed by atoms with Gasteiger partial charge in [0.05, 0.1) is 0 Å². The molecule has 0 heteroatoms. The Morgan fingerprint density at radius 3 is 1.80 bits per heavy atom. The molecule has 0 saturated carbocycles. The summed E-state index contributed by atoms with van der Waals surface area (Å²) in [6, 6.07) is 62.6. The minimum Gasteiger partial charge on any atom is -0.0848 e. The molecule has 1 aliphatic rings. The molecule has 8 aromatic rings. The van der Waals surface area contributed by atoms with Crippen molar-refractivity contribution in [1.82, 2.24) is 0 Å². The summed E-state index contributed by atoms with van der Waals surface area (Å²) >= 11 is 0. The number of allylic oxidation sites excluding steroid dienone is 8. The Morgan fingerprint density at radius 1 is 0.545 bits per heavy atom. The summed E-state index contributed by atoms with van der Waals surface area (Å²) in [6.45, 7) is 4.45. The van der Waals surface area contributed by atoms with E-state index < -0.39 is 0 Å². The summed E-state index contributed by atoms with van der Waals surface area (Å²) in [7, 11) is 0. The largest absolute Gasteiger partial charge is 0.0848 e. The smallest absolute Gasteiger partial charge is 0.00622 e. The minimum atomic E-state index is 0.306. The first-order valence-corrected chi connectivity index (χ1v) is 19.6. The van der Waals surface area contributed by atoms with Gasteiger partial charge in [-0.3, -0.25) is 0 Å². The summed E-state index contributed by atoms with van der Waals surface area (Å²) in [5, 5.41) is 7.60. The molecule has 1 unspecified atom stereocenters. The quantitative estimate of drug-likeness (QED) is 0.109. The van der Waals surface area contributed by atoms with Crippen molar-refractivity contribution in [2.24, 2.45) is 0 Å². The van der Waals surface area contributed by atoms with E-state index in [0.29, 0.717) is 5.92 Å². The van der Waals surface area contributed by atoms with Gasteiger partial charge in [-0.15, -0.1) is 0 Å². The predicted octanol–water partition coefficient (Wildman–Crippen LogP) is 15.5. The highest BCUT2D eigenvalue weighted by atomic mass is 14.3. The first kappa shape index (κ1) is 34.3. The molecule has 55 heavy (non-hydrogen) atoms. The third-order valence-corrected chi connectivity index (χ3v) is 11.2. The highest BCUT2D eigenvalue weighted by Crippen LogP contribution is 2.50. The Kier molecular flexibility index (Phi) is 9.41. The van der Waals surface area contributed by atoms with E-state index in [1.807, 2.05) is 0 Å². The van der Waals surface area contributed by atoms with E-state index >= 15 is 0 Å². The van der Waals surface area contributed by atoms with Crippen LogP contribution >= 0.6 is 0 Å². The van der Waals surface area contributed by atoms with Crippen molar-refractivity contribution in [3.63, 3.8) is 0 Å². The van der Waals surface area contributed by atoms with Crippen molar-refractivity contribution in [2.45, 2.75) is 32.6 Å². The van der Waals surface area contributed by atoms with Crippen molar-refractivity contribution < 1.29 is 0 Å². The van der Waals surface area contributed by atoms with Crippen molar-refractivity contribution >= 4 is 49.0 Å². The average molecular weight is 705 g/mol. The molecule has 1 aliphatic carbocycles. The zero-order valence-electron chi connectivity index (χ0n) is 31.5. The second-order valence-electron chi connectivity index (χ2n) is 14.7. The molecule has 0 nitrogen and oxygen atoms in total. The van der Waals surface area contributed by atoms with Crippen molar-refractivity contribution in [2.75, 3.05) is 0 Å². The standard InChI is InChI=1S/C55H44/c1-3-4-8-19-38(2)50-34-44(39-20-9-5-10-21-39)30-32-48(50)54-46-28-17-18-29-47(46)55(53-37-43-27-16-15-26-42(43)36-52(53)54)49-33-31-45(40-22-11-6-12-23-40)35-51(49)41-24-13-7-14-25-41/h4-30,32-37,45H,3,31H2,1-2H3. The second kappa shape index (κ2) is 15.1. The van der Waals surface area contributed by atoms with E-state index in [1.54, 1.807) is 0 Å². The van der Waals surface area contributed by atoms with Gasteiger partial charge < -0.3 is 0 Å². The van der Waals surface area contributed by atoms with Crippen LogP contribution in [-0.4, -0.2) is 0 Å². The SMILES string of the molecule is CCC=CC=C(C)c1cc(-c2ccccc2)ccc1-c1c2ccccc2c(C2=CCC(c3ccccc3)C=C2c2ccccc2)c2cc3ccccc3cc12. The second-order valence-corrected chi connectivity index (χ2v) is 14.7. The van der Waals surface area contributed by atoms with Crippen molar-refractivity contribution in [3.8, 4) is 22.3 Å². The molecule has 0 saturated heterocycles. The molecule has 0 spiro atoms. The molecule has 0 heterocycles. The third-order valence-electron chi connectivity index (χ3n) is 11.2. The maximum absolute atomic E-state index is 2.52. The topological polar surface area (TPSA) is 0 Å². The number of fused-ring (bicyclic) bond motifs is 3. The van der Waals surface area contributed by atoms with E-state index in [0.717, 1.165) is 12.8 Å². The summed E-state index contributed by atoms with van der Waals surface area (Å²) in [5.74, 6) is 0.306. The fourth-order valence-corrected chi connectivity index (χ4v) is 8.53. The lowest BCUT2D eigenvalue weighted by Gasteiger charge is -2.27. The fourth-order valence-electron chi connectivity index (χ4n) is 8.53. The molecule has 1 atom stereocenters. The van der Waals surface area contributed by atoms with Crippen LogP contribution in [0.25, 0.3) is 71.3 Å². The van der Waals surface area contributed by atoms with Gasteiger partial charge in [-0.05, 0) is 132 Å². The summed E-state index contributed by atoms with van der Waals surface area (Å²) < 4.78 is 0. The monoisotopic (exact) mass is 704 g/mol. The van der Waals surface area contributed by atoms with Crippen molar-refractivity contribution in [1.29, 1.82) is 0 Å². The van der Waals surface area contributed by atoms with E-state index in [1.165, 1.54) is 93.5 Å². The Labute approximate surface area is 325 Å². The van der Waals surface area contributed by atoms with Gasteiger partial charge in [0.25, 0.3) is 0 Å². The third kappa shape index (κ3) is 6.55. The number of hydrogen-bond donors (Lipinski definition) is 0. The molecule has 0 fully saturated rings. The maximum atomic E-state index is 2.52. The molecule has 0 aliphatic heterocycles. The molecule has 0 aromatic heterocycles. The molecule has 0 bridgehead atoms. The Hall–Kier alpha value is -6.50. The fraction of sp³-hybridized carbons (Fsp3) is 0.0909. The van der Waals surface area contributed by atoms with Gasteiger partial charge in [0, 0.05) is 5.92 Å². The van der Waals surface area contributed by atoms with E-state index in [2.05, 4.69) is 214 Å². The summed E-state index contributed by atoms with van der Waals surface area (Å²) in [5.41, 5.74) is 14.0. The Bertz CT molecular complexity index is 2790. The van der Waals surface area contributed by atoms with Gasteiger partial charge in [-0.25, -0.2) is 0 Å². The van der Waals surface area contributed by atoms with Crippen LogP contribution in [0.4, 0.5) is 0 Å². The van der Waals surface area contributed by atoms with Crippen LogP contribution in [0.3, 0.4) is 0 Å². The van der Waals surface area contributed by atoms with Crippen LogP contribution in [0.1, 0.15) is 54.9 Å². The zero-order chi connectivity index (χ0) is 37.1. The lowest BCUT2D eigenvalue weighted by atomic mass is 9.77. The van der Waals surface area contributed by atoms with Gasteiger partial charge in [0.15, 0.2) is 0 Å². The van der Waals surface area contributed by atoms with E-state index in [-0.39, 0.29) is 0 Å². The van der Waals surface area contributed by atoms with Crippen molar-refractivity contribution in [3.05, 3.63) is 222 Å². The molecule has 9 rings (SSSR count). The van der Waals surface area contributed by atoms with Gasteiger partial charge >= 0.3 is 0 Å². The van der Waals surface area contributed by atoms with Crippen LogP contribution in [0.5, 0.6) is 0 Å². The van der Waals surface area contributed by atoms with Crippen LogP contribution in [0, 0.1) is 0 Å².